The lowest BCUT2D eigenvalue weighted by Gasteiger charge is -2.29. The Hall–Kier alpha value is -3.06. The van der Waals surface area contributed by atoms with Gasteiger partial charge in [-0.25, -0.2) is 0 Å². The van der Waals surface area contributed by atoms with Crippen LogP contribution in [0.25, 0.3) is 22.5 Å². The minimum Gasteiger partial charge on any atom is -0.464 e. The van der Waals surface area contributed by atoms with Crippen LogP contribution >= 0.6 is 0 Å². The topological polar surface area (TPSA) is 13.1 Å². The minimum atomic E-state index is -0.244. The van der Waals surface area contributed by atoms with Crippen molar-refractivity contribution in [3.8, 4) is 22.5 Å². The van der Waals surface area contributed by atoms with Crippen LogP contribution in [0, 0.1) is 0 Å². The van der Waals surface area contributed by atoms with Crippen LogP contribution < -0.4 is 0 Å². The minimum absolute atomic E-state index is 0.244. The molecule has 1 heteroatoms. The van der Waals surface area contributed by atoms with Gasteiger partial charge in [-0.1, -0.05) is 72.8 Å². The zero-order valence-corrected chi connectivity index (χ0v) is 13.0. The van der Waals surface area contributed by atoms with E-state index in [0.717, 1.165) is 5.76 Å². The van der Waals surface area contributed by atoms with Crippen molar-refractivity contribution in [2.75, 3.05) is 0 Å². The van der Waals surface area contributed by atoms with Crippen molar-refractivity contribution in [2.45, 2.75) is 5.41 Å². The number of benzene rings is 3. The molecule has 6 rings (SSSR count). The SMILES string of the molecule is c1ccc2c(c1)-c1ccccc1C21c2ccccc2-c2occc21. The molecule has 0 atom stereocenters. The molecule has 112 valence electrons. The van der Waals surface area contributed by atoms with Gasteiger partial charge in [-0.2, -0.15) is 0 Å². The molecule has 0 saturated heterocycles. The van der Waals surface area contributed by atoms with Gasteiger partial charge in [-0.3, -0.25) is 0 Å². The first-order valence-corrected chi connectivity index (χ1v) is 8.29. The zero-order valence-electron chi connectivity index (χ0n) is 13.0. The largest absolute Gasteiger partial charge is 0.464 e. The molecule has 3 aromatic carbocycles. The van der Waals surface area contributed by atoms with E-state index in [1.165, 1.54) is 38.9 Å². The molecule has 0 fully saturated rings. The van der Waals surface area contributed by atoms with E-state index in [4.69, 9.17) is 4.42 Å². The van der Waals surface area contributed by atoms with Crippen LogP contribution in [0.15, 0.2) is 89.5 Å². The van der Waals surface area contributed by atoms with Crippen LogP contribution in [0.4, 0.5) is 0 Å². The summed E-state index contributed by atoms with van der Waals surface area (Å²) in [4.78, 5) is 0. The third kappa shape index (κ3) is 1.18. The molecule has 4 aromatic rings. The predicted molar refractivity (Wildman–Crippen MR) is 95.0 cm³/mol. The van der Waals surface area contributed by atoms with Crippen LogP contribution in [-0.2, 0) is 5.41 Å². The van der Waals surface area contributed by atoms with Gasteiger partial charge in [-0.05, 0) is 33.9 Å². The Morgan fingerprint density at radius 3 is 1.62 bits per heavy atom. The van der Waals surface area contributed by atoms with Crippen molar-refractivity contribution >= 4 is 0 Å². The average Bonchev–Trinajstić information content (AvgIpc) is 3.30. The molecule has 1 nitrogen and oxygen atoms in total. The maximum atomic E-state index is 5.92. The van der Waals surface area contributed by atoms with E-state index >= 15 is 0 Å². The van der Waals surface area contributed by atoms with Crippen LogP contribution in [-0.4, -0.2) is 0 Å². The number of rotatable bonds is 0. The maximum absolute atomic E-state index is 5.92. The maximum Gasteiger partial charge on any atom is 0.138 e. The van der Waals surface area contributed by atoms with Crippen molar-refractivity contribution in [3.05, 3.63) is 107 Å². The molecule has 1 aromatic heterocycles. The summed E-state index contributed by atoms with van der Waals surface area (Å²) in [7, 11) is 0. The number of furan rings is 1. The summed E-state index contributed by atoms with van der Waals surface area (Å²) in [6.45, 7) is 0. The molecule has 0 radical (unpaired) electrons. The lowest BCUT2D eigenvalue weighted by atomic mass is 9.71. The average molecular weight is 306 g/mol. The Labute approximate surface area is 140 Å². The van der Waals surface area contributed by atoms with Gasteiger partial charge in [0.25, 0.3) is 0 Å². The Morgan fingerprint density at radius 1 is 0.500 bits per heavy atom. The van der Waals surface area contributed by atoms with Gasteiger partial charge in [-0.15, -0.1) is 0 Å². The summed E-state index contributed by atoms with van der Waals surface area (Å²) in [5.74, 6) is 1.01. The Balaban J connectivity index is 1.89. The fourth-order valence-corrected chi connectivity index (χ4v) is 4.78. The molecule has 2 aliphatic rings. The molecule has 2 aliphatic carbocycles. The Bertz CT molecular complexity index is 1070. The van der Waals surface area contributed by atoms with Crippen LogP contribution in [0.5, 0.6) is 0 Å². The second kappa shape index (κ2) is 4.07. The highest BCUT2D eigenvalue weighted by molar-refractivity contribution is 5.93. The van der Waals surface area contributed by atoms with E-state index in [2.05, 4.69) is 78.9 Å². The van der Waals surface area contributed by atoms with Crippen LogP contribution in [0.1, 0.15) is 22.3 Å². The first-order chi connectivity index (χ1) is 11.9. The highest BCUT2D eigenvalue weighted by Gasteiger charge is 2.52. The molecule has 0 aliphatic heterocycles. The number of hydrogen-bond donors (Lipinski definition) is 0. The standard InChI is InChI=1S/C23H14O/c1-4-10-18-15(7-1)16-8-2-5-11-19(16)23(18)20-12-6-3-9-17(20)22-21(23)13-14-24-22/h1-14H. The smallest absolute Gasteiger partial charge is 0.138 e. The summed E-state index contributed by atoms with van der Waals surface area (Å²) < 4.78 is 5.92. The molecule has 0 amide bonds. The van der Waals surface area contributed by atoms with Crippen molar-refractivity contribution in [3.63, 3.8) is 0 Å². The highest BCUT2D eigenvalue weighted by atomic mass is 16.3. The van der Waals surface area contributed by atoms with Crippen molar-refractivity contribution in [1.82, 2.24) is 0 Å². The summed E-state index contributed by atoms with van der Waals surface area (Å²) in [6.07, 6.45) is 1.83. The van der Waals surface area contributed by atoms with Crippen LogP contribution in [0.3, 0.4) is 0 Å². The van der Waals surface area contributed by atoms with E-state index in [-0.39, 0.29) is 5.41 Å². The summed E-state index contributed by atoms with van der Waals surface area (Å²) in [5.41, 5.74) is 8.94. The van der Waals surface area contributed by atoms with Crippen LogP contribution in [0.2, 0.25) is 0 Å². The van der Waals surface area contributed by atoms with E-state index < -0.39 is 0 Å². The van der Waals surface area contributed by atoms with E-state index in [1.807, 2.05) is 6.26 Å². The van der Waals surface area contributed by atoms with Crippen molar-refractivity contribution in [1.29, 1.82) is 0 Å². The predicted octanol–water partition coefficient (Wildman–Crippen LogP) is 5.62. The molecular weight excluding hydrogens is 292 g/mol. The lowest BCUT2D eigenvalue weighted by molar-refractivity contribution is 0.581. The van der Waals surface area contributed by atoms with Gasteiger partial charge in [0.2, 0.25) is 0 Å². The van der Waals surface area contributed by atoms with Gasteiger partial charge < -0.3 is 4.42 Å². The van der Waals surface area contributed by atoms with Gasteiger partial charge >= 0.3 is 0 Å². The molecule has 0 saturated carbocycles. The zero-order chi connectivity index (χ0) is 15.7. The van der Waals surface area contributed by atoms with E-state index in [0.29, 0.717) is 0 Å². The van der Waals surface area contributed by atoms with Gasteiger partial charge in [0.15, 0.2) is 0 Å². The molecule has 0 bridgehead atoms. The third-order valence-electron chi connectivity index (χ3n) is 5.60. The molecule has 0 unspecified atom stereocenters. The third-order valence-corrected chi connectivity index (χ3v) is 5.60. The number of fused-ring (bicyclic) bond motifs is 10. The molecule has 1 spiro atoms. The second-order valence-electron chi connectivity index (χ2n) is 6.55. The summed E-state index contributed by atoms with van der Waals surface area (Å²) in [6, 6.07) is 28.4. The Kier molecular flexibility index (Phi) is 2.10. The van der Waals surface area contributed by atoms with Crippen molar-refractivity contribution < 1.29 is 4.42 Å². The normalized spacial score (nSPS) is 15.0. The van der Waals surface area contributed by atoms with Gasteiger partial charge in [0.1, 0.15) is 5.76 Å². The molecule has 1 heterocycles. The first-order valence-electron chi connectivity index (χ1n) is 8.29. The highest BCUT2D eigenvalue weighted by Crippen LogP contribution is 2.62. The first kappa shape index (κ1) is 12.4. The van der Waals surface area contributed by atoms with Crippen molar-refractivity contribution in [2.24, 2.45) is 0 Å². The lowest BCUT2D eigenvalue weighted by Crippen LogP contribution is -2.25. The molecule has 0 N–H and O–H groups in total. The fraction of sp³-hybridized carbons (Fsp3) is 0.0435. The fourth-order valence-electron chi connectivity index (χ4n) is 4.78. The van der Waals surface area contributed by atoms with Gasteiger partial charge in [0.05, 0.1) is 11.7 Å². The summed E-state index contributed by atoms with van der Waals surface area (Å²) >= 11 is 0. The molecule has 24 heavy (non-hydrogen) atoms. The Morgan fingerprint density at radius 2 is 1.00 bits per heavy atom. The quantitative estimate of drug-likeness (QED) is 0.355. The van der Waals surface area contributed by atoms with E-state index in [9.17, 15) is 0 Å². The number of hydrogen-bond acceptors (Lipinski definition) is 1. The van der Waals surface area contributed by atoms with Gasteiger partial charge in [0, 0.05) is 11.1 Å². The molecular formula is C23H14O. The summed E-state index contributed by atoms with van der Waals surface area (Å²) in [5, 5.41) is 0. The monoisotopic (exact) mass is 306 g/mol. The second-order valence-corrected chi connectivity index (χ2v) is 6.55. The van der Waals surface area contributed by atoms with E-state index in [1.54, 1.807) is 0 Å².